The zero-order chi connectivity index (χ0) is 28.8. The topological polar surface area (TPSA) is 114 Å². The highest BCUT2D eigenvalue weighted by Gasteiger charge is 2.63. The molecule has 0 bridgehead atoms. The van der Waals surface area contributed by atoms with Crippen molar-refractivity contribution in [2.75, 3.05) is 4.72 Å². The standard InChI is InChI=1S/C27H35BrClN3O5S/c1-15-9-11-18(28)20(13-15)32-38(35,36)16-10-12-19(29)17(14-16)21(33)30-22-26(5,6)23(27(22,7)8)31-24(34)37-25(2,3)4/h9-14,22-23,32H,1-8H3,(H,30,33)(H,31,34). The van der Waals surface area contributed by atoms with E-state index < -0.39 is 38.5 Å². The van der Waals surface area contributed by atoms with Crippen LogP contribution in [0.1, 0.15) is 64.4 Å². The summed E-state index contributed by atoms with van der Waals surface area (Å²) >= 11 is 9.69. The fraction of sp³-hybridized carbons (Fsp3) is 0.481. The molecular weight excluding hydrogens is 594 g/mol. The zero-order valence-corrected chi connectivity index (χ0v) is 26.0. The maximum atomic E-state index is 13.4. The van der Waals surface area contributed by atoms with E-state index in [0.29, 0.717) is 10.2 Å². The lowest BCUT2D eigenvalue weighted by Crippen LogP contribution is -2.77. The Morgan fingerprint density at radius 1 is 0.974 bits per heavy atom. The number of benzene rings is 2. The Kier molecular flexibility index (Phi) is 8.24. The second-order valence-corrected chi connectivity index (χ2v) is 14.8. The second-order valence-electron chi connectivity index (χ2n) is 11.9. The minimum atomic E-state index is -4.01. The van der Waals surface area contributed by atoms with Crippen LogP contribution in [0.3, 0.4) is 0 Å². The largest absolute Gasteiger partial charge is 0.444 e. The Morgan fingerprint density at radius 2 is 1.55 bits per heavy atom. The summed E-state index contributed by atoms with van der Waals surface area (Å²) in [5, 5.41) is 6.07. The quantitative estimate of drug-likeness (QED) is 0.349. The Labute approximate surface area is 238 Å². The van der Waals surface area contributed by atoms with Crippen LogP contribution in [0.2, 0.25) is 5.02 Å². The molecule has 0 heterocycles. The molecule has 0 aromatic heterocycles. The second kappa shape index (κ2) is 10.4. The van der Waals surface area contributed by atoms with Crippen molar-refractivity contribution in [1.82, 2.24) is 10.6 Å². The van der Waals surface area contributed by atoms with Gasteiger partial charge in [0.2, 0.25) is 0 Å². The summed E-state index contributed by atoms with van der Waals surface area (Å²) in [5.74, 6) is -0.509. The van der Waals surface area contributed by atoms with Crippen molar-refractivity contribution in [3.8, 4) is 0 Å². The van der Waals surface area contributed by atoms with Crippen molar-refractivity contribution in [2.45, 2.75) is 78.0 Å². The van der Waals surface area contributed by atoms with Gasteiger partial charge < -0.3 is 15.4 Å². The lowest BCUT2D eigenvalue weighted by Gasteiger charge is -2.64. The highest BCUT2D eigenvalue weighted by atomic mass is 79.9. The van der Waals surface area contributed by atoms with Gasteiger partial charge in [0.1, 0.15) is 5.60 Å². The van der Waals surface area contributed by atoms with Crippen LogP contribution < -0.4 is 15.4 Å². The average Bonchev–Trinajstić information content (AvgIpc) is 2.76. The summed E-state index contributed by atoms with van der Waals surface area (Å²) in [7, 11) is -4.01. The predicted octanol–water partition coefficient (Wildman–Crippen LogP) is 6.27. The maximum absolute atomic E-state index is 13.4. The van der Waals surface area contributed by atoms with Gasteiger partial charge in [-0.3, -0.25) is 9.52 Å². The van der Waals surface area contributed by atoms with Gasteiger partial charge >= 0.3 is 6.09 Å². The van der Waals surface area contributed by atoms with Crippen LogP contribution in [0, 0.1) is 17.8 Å². The summed E-state index contributed by atoms with van der Waals surface area (Å²) in [6, 6.07) is 8.68. The number of alkyl carbamates (subject to hydrolysis) is 1. The molecule has 0 saturated heterocycles. The average molecular weight is 629 g/mol. The van der Waals surface area contributed by atoms with Gasteiger partial charge in [-0.15, -0.1) is 0 Å². The molecule has 0 unspecified atom stereocenters. The SMILES string of the molecule is Cc1ccc(Br)c(NS(=O)(=O)c2ccc(Cl)c(C(=O)NC3C(C)(C)C(NC(=O)OC(C)(C)C)C3(C)C)c2)c1. The van der Waals surface area contributed by atoms with Crippen LogP contribution in [-0.4, -0.2) is 38.1 Å². The van der Waals surface area contributed by atoms with E-state index in [9.17, 15) is 18.0 Å². The van der Waals surface area contributed by atoms with Gasteiger partial charge in [0.25, 0.3) is 15.9 Å². The summed E-state index contributed by atoms with van der Waals surface area (Å²) in [6.45, 7) is 15.0. The molecule has 1 fully saturated rings. The molecule has 11 heteroatoms. The number of anilines is 1. The molecule has 0 radical (unpaired) electrons. The highest BCUT2D eigenvalue weighted by molar-refractivity contribution is 9.10. The molecule has 8 nitrogen and oxygen atoms in total. The van der Waals surface area contributed by atoms with E-state index in [0.717, 1.165) is 5.56 Å². The molecule has 1 saturated carbocycles. The Balaban J connectivity index is 1.81. The smallest absolute Gasteiger partial charge is 0.407 e. The number of carbonyl (C=O) groups excluding carboxylic acids is 2. The molecule has 38 heavy (non-hydrogen) atoms. The Bertz CT molecular complexity index is 1350. The normalized spacial score (nSPS) is 20.2. The van der Waals surface area contributed by atoms with E-state index in [1.54, 1.807) is 32.9 Å². The molecular formula is C27H35BrClN3O5S. The number of hydrogen-bond donors (Lipinski definition) is 3. The molecule has 1 aliphatic rings. The van der Waals surface area contributed by atoms with E-state index in [-0.39, 0.29) is 27.6 Å². The van der Waals surface area contributed by atoms with Gasteiger partial charge in [0, 0.05) is 27.4 Å². The molecule has 3 rings (SSSR count). The molecule has 2 aromatic carbocycles. The lowest BCUT2D eigenvalue weighted by atomic mass is 9.48. The van der Waals surface area contributed by atoms with E-state index >= 15 is 0 Å². The molecule has 2 amide bonds. The summed E-state index contributed by atoms with van der Waals surface area (Å²) in [4.78, 5) is 25.7. The molecule has 0 atom stereocenters. The minimum Gasteiger partial charge on any atom is -0.444 e. The maximum Gasteiger partial charge on any atom is 0.407 e. The molecule has 0 aliphatic heterocycles. The van der Waals surface area contributed by atoms with Crippen LogP contribution in [0.25, 0.3) is 0 Å². The van der Waals surface area contributed by atoms with Gasteiger partial charge in [-0.25, -0.2) is 13.2 Å². The van der Waals surface area contributed by atoms with E-state index in [4.69, 9.17) is 16.3 Å². The Hall–Kier alpha value is -2.30. The number of amides is 2. The molecule has 208 valence electrons. The van der Waals surface area contributed by atoms with E-state index in [2.05, 4.69) is 31.3 Å². The fourth-order valence-electron chi connectivity index (χ4n) is 5.30. The first-order chi connectivity index (χ1) is 17.3. The van der Waals surface area contributed by atoms with Crippen molar-refractivity contribution in [2.24, 2.45) is 10.8 Å². The first kappa shape index (κ1) is 30.2. The number of aryl methyl sites for hydroxylation is 1. The predicted molar refractivity (Wildman–Crippen MR) is 153 cm³/mol. The number of nitrogens with one attached hydrogen (secondary N) is 3. The number of ether oxygens (including phenoxy) is 1. The van der Waals surface area contributed by atoms with Crippen LogP contribution in [0.15, 0.2) is 45.8 Å². The third-order valence-electron chi connectivity index (χ3n) is 6.77. The molecule has 0 spiro atoms. The zero-order valence-electron chi connectivity index (χ0n) is 22.8. The lowest BCUT2D eigenvalue weighted by molar-refractivity contribution is -0.0861. The summed E-state index contributed by atoms with van der Waals surface area (Å²) in [6.07, 6.45) is -0.526. The third-order valence-corrected chi connectivity index (χ3v) is 9.16. The third kappa shape index (κ3) is 6.29. The fourth-order valence-corrected chi connectivity index (χ4v) is 7.08. The van der Waals surface area contributed by atoms with Crippen molar-refractivity contribution in [3.63, 3.8) is 0 Å². The number of hydrogen-bond acceptors (Lipinski definition) is 5. The van der Waals surface area contributed by atoms with E-state index in [1.807, 2.05) is 40.7 Å². The van der Waals surface area contributed by atoms with Crippen LogP contribution in [0.4, 0.5) is 10.5 Å². The van der Waals surface area contributed by atoms with Gasteiger partial charge in [-0.05, 0) is 79.5 Å². The van der Waals surface area contributed by atoms with Gasteiger partial charge in [-0.1, -0.05) is 45.4 Å². The number of carbonyl (C=O) groups is 2. The number of sulfonamides is 1. The van der Waals surface area contributed by atoms with Gasteiger partial charge in [0.15, 0.2) is 0 Å². The molecule has 1 aliphatic carbocycles. The number of rotatable bonds is 6. The highest BCUT2D eigenvalue weighted by Crippen LogP contribution is 2.54. The van der Waals surface area contributed by atoms with Crippen molar-refractivity contribution < 1.29 is 22.7 Å². The number of halogens is 2. The van der Waals surface area contributed by atoms with Crippen LogP contribution in [0.5, 0.6) is 0 Å². The Morgan fingerprint density at radius 3 is 2.13 bits per heavy atom. The van der Waals surface area contributed by atoms with Crippen molar-refractivity contribution in [3.05, 3.63) is 57.0 Å². The minimum absolute atomic E-state index is 0.0352. The van der Waals surface area contributed by atoms with Crippen molar-refractivity contribution >= 4 is 55.2 Å². The van der Waals surface area contributed by atoms with Gasteiger partial charge in [0.05, 0.1) is 21.2 Å². The first-order valence-corrected chi connectivity index (χ1v) is 14.8. The molecule has 2 aromatic rings. The first-order valence-electron chi connectivity index (χ1n) is 12.1. The van der Waals surface area contributed by atoms with Crippen LogP contribution >= 0.6 is 27.5 Å². The summed E-state index contributed by atoms with van der Waals surface area (Å²) < 4.78 is 34.8. The van der Waals surface area contributed by atoms with Gasteiger partial charge in [-0.2, -0.15) is 0 Å². The van der Waals surface area contributed by atoms with E-state index in [1.165, 1.54) is 18.2 Å². The van der Waals surface area contributed by atoms with Crippen molar-refractivity contribution in [1.29, 1.82) is 0 Å². The summed E-state index contributed by atoms with van der Waals surface area (Å²) in [5.41, 5.74) is -0.383. The monoisotopic (exact) mass is 627 g/mol. The van der Waals surface area contributed by atoms with Crippen LogP contribution in [-0.2, 0) is 14.8 Å². The molecule has 3 N–H and O–H groups in total.